The van der Waals surface area contributed by atoms with Crippen molar-refractivity contribution in [1.29, 1.82) is 0 Å². The third kappa shape index (κ3) is 5.59. The number of cyclic esters (lactones) is 1. The number of ether oxygens (including phenoxy) is 1. The minimum absolute atomic E-state index is 0.0874. The Morgan fingerprint density at radius 1 is 1.21 bits per heavy atom. The van der Waals surface area contributed by atoms with Gasteiger partial charge in [-0.15, -0.1) is 0 Å². The summed E-state index contributed by atoms with van der Waals surface area (Å²) in [6.07, 6.45) is -1.06. The summed E-state index contributed by atoms with van der Waals surface area (Å²) in [6, 6.07) is 7.26. The van der Waals surface area contributed by atoms with Gasteiger partial charge in [-0.25, -0.2) is 9.78 Å². The van der Waals surface area contributed by atoms with Crippen LogP contribution < -0.4 is 15.5 Å². The van der Waals surface area contributed by atoms with Crippen LogP contribution in [0.2, 0.25) is 0 Å². The van der Waals surface area contributed by atoms with Gasteiger partial charge in [-0.1, -0.05) is 6.92 Å². The lowest BCUT2D eigenvalue weighted by molar-refractivity contribution is -0.137. The molecule has 3 fully saturated rings. The van der Waals surface area contributed by atoms with Gasteiger partial charge >= 0.3 is 12.3 Å². The van der Waals surface area contributed by atoms with Gasteiger partial charge in [0, 0.05) is 62.4 Å². The number of nitrogens with zero attached hydrogens (tertiary/aromatic N) is 5. The first-order valence-corrected chi connectivity index (χ1v) is 13.2. The van der Waals surface area contributed by atoms with Crippen molar-refractivity contribution in [1.82, 2.24) is 19.8 Å². The highest BCUT2D eigenvalue weighted by Gasteiger charge is 2.41. The smallest absolute Gasteiger partial charge is 0.421 e. The Kier molecular flexibility index (Phi) is 7.51. The van der Waals surface area contributed by atoms with Gasteiger partial charge in [-0.05, 0) is 56.5 Å². The molecule has 5 rings (SSSR count). The fourth-order valence-corrected chi connectivity index (χ4v) is 5.54. The molecule has 12 heteroatoms. The molecule has 0 aliphatic carbocycles. The third-order valence-electron chi connectivity index (χ3n) is 7.61. The number of anilines is 4. The Morgan fingerprint density at radius 3 is 2.74 bits per heavy atom. The molecule has 0 spiro atoms. The predicted molar refractivity (Wildman–Crippen MR) is 139 cm³/mol. The van der Waals surface area contributed by atoms with Crippen LogP contribution in [-0.2, 0) is 17.3 Å². The molecule has 38 heavy (non-hydrogen) atoms. The largest absolute Gasteiger partial charge is 0.449 e. The van der Waals surface area contributed by atoms with Crippen molar-refractivity contribution in [3.8, 4) is 0 Å². The normalized spacial score (nSPS) is 21.7. The van der Waals surface area contributed by atoms with E-state index in [0.717, 1.165) is 43.4 Å². The fraction of sp³-hybridized carbons (Fsp3) is 0.577. The summed E-state index contributed by atoms with van der Waals surface area (Å²) in [4.78, 5) is 26.3. The van der Waals surface area contributed by atoms with Gasteiger partial charge in [0.2, 0.25) is 5.95 Å². The number of rotatable bonds is 9. The number of aryl methyl sites for hydroxylation is 1. The SMILES string of the molecule is CCc1cc(N2C[C@@H]3C[C@H]2CN3C)ccc1Nc1ncc(C(F)(F)F)c(NCCCN2CCCOC2=O)n1. The average molecular weight is 534 g/mol. The number of amides is 1. The van der Waals surface area contributed by atoms with Crippen molar-refractivity contribution < 1.29 is 22.7 Å². The lowest BCUT2D eigenvalue weighted by Gasteiger charge is -2.34. The van der Waals surface area contributed by atoms with Gasteiger partial charge in [0.1, 0.15) is 11.4 Å². The molecule has 4 heterocycles. The van der Waals surface area contributed by atoms with Crippen LogP contribution in [0, 0.1) is 0 Å². The summed E-state index contributed by atoms with van der Waals surface area (Å²) in [6.45, 7) is 5.71. The predicted octanol–water partition coefficient (Wildman–Crippen LogP) is 4.34. The number of piperazine rings is 1. The molecule has 2 bridgehead atoms. The van der Waals surface area contributed by atoms with E-state index in [-0.39, 0.29) is 24.4 Å². The number of nitrogens with one attached hydrogen (secondary N) is 2. The van der Waals surface area contributed by atoms with E-state index in [1.165, 1.54) is 12.1 Å². The highest BCUT2D eigenvalue weighted by Crippen LogP contribution is 2.37. The zero-order chi connectivity index (χ0) is 26.9. The lowest BCUT2D eigenvalue weighted by Crippen LogP contribution is -2.44. The molecule has 3 aliphatic heterocycles. The maximum Gasteiger partial charge on any atom is 0.421 e. The van der Waals surface area contributed by atoms with E-state index >= 15 is 0 Å². The number of halogens is 3. The maximum atomic E-state index is 13.6. The van der Waals surface area contributed by atoms with Crippen LogP contribution in [0.15, 0.2) is 24.4 Å². The first-order valence-electron chi connectivity index (χ1n) is 13.2. The van der Waals surface area contributed by atoms with Crippen molar-refractivity contribution in [3.63, 3.8) is 0 Å². The van der Waals surface area contributed by atoms with E-state index in [1.807, 2.05) is 13.0 Å². The molecule has 0 saturated carbocycles. The van der Waals surface area contributed by atoms with Crippen molar-refractivity contribution in [3.05, 3.63) is 35.5 Å². The third-order valence-corrected chi connectivity index (χ3v) is 7.61. The van der Waals surface area contributed by atoms with Crippen molar-refractivity contribution in [2.75, 3.05) is 61.9 Å². The van der Waals surface area contributed by atoms with E-state index in [1.54, 1.807) is 4.90 Å². The van der Waals surface area contributed by atoms with Crippen LogP contribution in [0.4, 0.5) is 41.1 Å². The summed E-state index contributed by atoms with van der Waals surface area (Å²) < 4.78 is 45.9. The second-order valence-electron chi connectivity index (χ2n) is 10.1. The van der Waals surface area contributed by atoms with E-state index in [2.05, 4.69) is 49.6 Å². The Balaban J connectivity index is 1.27. The van der Waals surface area contributed by atoms with E-state index in [9.17, 15) is 18.0 Å². The number of carbonyl (C=O) groups is 1. The van der Waals surface area contributed by atoms with Crippen molar-refractivity contribution >= 4 is 29.2 Å². The van der Waals surface area contributed by atoms with Gasteiger partial charge in [-0.2, -0.15) is 18.2 Å². The summed E-state index contributed by atoms with van der Waals surface area (Å²) in [5, 5.41) is 5.92. The van der Waals surface area contributed by atoms with Crippen molar-refractivity contribution in [2.24, 2.45) is 0 Å². The average Bonchev–Trinajstić information content (AvgIpc) is 3.47. The number of aromatic nitrogens is 2. The number of likely N-dealkylation sites (N-methyl/N-ethyl adjacent to an activating group) is 1. The van der Waals surface area contributed by atoms with Crippen LogP contribution in [-0.4, -0.2) is 84.3 Å². The molecular weight excluding hydrogens is 499 g/mol. The van der Waals surface area contributed by atoms with Crippen LogP contribution in [0.5, 0.6) is 0 Å². The standard InChI is InChI=1S/C26H34F3N7O2/c1-3-17-12-18(36-16-19-13-20(36)15-34(19)2)6-7-22(17)32-24-31-14-21(26(27,28)29)23(33-24)30-8-4-9-35-10-5-11-38-25(35)37/h6-7,12,14,19-20H,3-5,8-11,13,15-16H2,1-2H3,(H2,30,31,32,33)/t19-,20-/m0/s1. The first kappa shape index (κ1) is 26.3. The summed E-state index contributed by atoms with van der Waals surface area (Å²) in [5.41, 5.74) is 2.05. The van der Waals surface area contributed by atoms with Crippen molar-refractivity contribution in [2.45, 2.75) is 50.9 Å². The Morgan fingerprint density at radius 2 is 2.05 bits per heavy atom. The Bertz CT molecular complexity index is 1160. The van der Waals surface area contributed by atoms with Gasteiger partial charge in [0.25, 0.3) is 0 Å². The number of fused-ring (bicyclic) bond motifs is 2. The zero-order valence-electron chi connectivity index (χ0n) is 21.7. The maximum absolute atomic E-state index is 13.6. The molecule has 0 radical (unpaired) electrons. The van der Waals surface area contributed by atoms with Gasteiger partial charge in [0.05, 0.1) is 6.61 Å². The monoisotopic (exact) mass is 533 g/mol. The first-order chi connectivity index (χ1) is 18.2. The summed E-state index contributed by atoms with van der Waals surface area (Å²) in [5.74, 6) is -0.201. The molecule has 2 aromatic rings. The summed E-state index contributed by atoms with van der Waals surface area (Å²) in [7, 11) is 2.17. The van der Waals surface area contributed by atoms with E-state index < -0.39 is 11.7 Å². The molecule has 9 nitrogen and oxygen atoms in total. The molecule has 2 N–H and O–H groups in total. The molecule has 3 saturated heterocycles. The highest BCUT2D eigenvalue weighted by molar-refractivity contribution is 5.68. The number of alkyl halides is 3. The zero-order valence-corrected chi connectivity index (χ0v) is 21.7. The molecule has 206 valence electrons. The summed E-state index contributed by atoms with van der Waals surface area (Å²) >= 11 is 0. The van der Waals surface area contributed by atoms with Crippen LogP contribution >= 0.6 is 0 Å². The van der Waals surface area contributed by atoms with Crippen LogP contribution in [0.3, 0.4) is 0 Å². The molecule has 1 aromatic heterocycles. The molecule has 1 aromatic carbocycles. The number of hydrogen-bond donors (Lipinski definition) is 2. The van der Waals surface area contributed by atoms with E-state index in [4.69, 9.17) is 4.74 Å². The van der Waals surface area contributed by atoms with Crippen LogP contribution in [0.1, 0.15) is 37.3 Å². The lowest BCUT2D eigenvalue weighted by atomic mass is 10.1. The Labute approximate surface area is 220 Å². The van der Waals surface area contributed by atoms with Gasteiger partial charge in [-0.3, -0.25) is 4.90 Å². The minimum atomic E-state index is -4.60. The highest BCUT2D eigenvalue weighted by atomic mass is 19.4. The fourth-order valence-electron chi connectivity index (χ4n) is 5.54. The second-order valence-corrected chi connectivity index (χ2v) is 10.1. The quantitative estimate of drug-likeness (QED) is 0.461. The molecule has 3 aliphatic rings. The number of carbonyl (C=O) groups excluding carboxylic acids is 1. The number of hydrogen-bond acceptors (Lipinski definition) is 8. The molecular formula is C26H34F3N7O2. The molecule has 2 atom stereocenters. The van der Waals surface area contributed by atoms with Gasteiger partial charge < -0.3 is 25.2 Å². The molecule has 0 unspecified atom stereocenters. The topological polar surface area (TPSA) is 85.9 Å². The minimum Gasteiger partial charge on any atom is -0.449 e. The second kappa shape index (κ2) is 10.8. The number of benzene rings is 1. The van der Waals surface area contributed by atoms with Crippen LogP contribution in [0.25, 0.3) is 0 Å². The molecule has 1 amide bonds. The Hall–Kier alpha value is -3.28. The van der Waals surface area contributed by atoms with Gasteiger partial charge in [0.15, 0.2) is 0 Å². The number of likely N-dealkylation sites (tertiary alicyclic amines) is 1. The van der Waals surface area contributed by atoms with E-state index in [0.29, 0.717) is 38.2 Å².